The van der Waals surface area contributed by atoms with E-state index in [0.717, 1.165) is 12.0 Å². The van der Waals surface area contributed by atoms with E-state index in [0.29, 0.717) is 22.8 Å². The molecular formula is C18H23N3O3S. The van der Waals surface area contributed by atoms with Crippen LogP contribution < -0.4 is 10.1 Å². The molecule has 7 heteroatoms. The Morgan fingerprint density at radius 2 is 2.12 bits per heavy atom. The van der Waals surface area contributed by atoms with Gasteiger partial charge in [0.1, 0.15) is 5.75 Å². The van der Waals surface area contributed by atoms with Crippen molar-refractivity contribution in [2.75, 3.05) is 12.9 Å². The van der Waals surface area contributed by atoms with Crippen LogP contribution in [0, 0.1) is 5.92 Å². The first-order valence-electron chi connectivity index (χ1n) is 8.56. The summed E-state index contributed by atoms with van der Waals surface area (Å²) in [4.78, 5) is 12.2. The number of ether oxygens (including phenoxy) is 1. The van der Waals surface area contributed by atoms with E-state index in [4.69, 9.17) is 9.15 Å². The summed E-state index contributed by atoms with van der Waals surface area (Å²) in [7, 11) is 1.60. The lowest BCUT2D eigenvalue weighted by molar-refractivity contribution is -0.119. The molecule has 6 nitrogen and oxygen atoms in total. The first-order valence-corrected chi connectivity index (χ1v) is 9.55. The number of benzene rings is 1. The minimum atomic E-state index is 0.0146. The average molecular weight is 361 g/mol. The first kappa shape index (κ1) is 17.8. The van der Waals surface area contributed by atoms with Gasteiger partial charge in [-0.3, -0.25) is 4.79 Å². The summed E-state index contributed by atoms with van der Waals surface area (Å²) in [5.74, 6) is 1.90. The number of nitrogens with zero attached hydrogens (tertiary/aromatic N) is 2. The number of methoxy groups -OCH3 is 1. The molecule has 3 rings (SSSR count). The third-order valence-electron chi connectivity index (χ3n) is 4.53. The molecular weight excluding hydrogens is 338 g/mol. The maximum Gasteiger partial charge on any atom is 0.277 e. The molecule has 1 heterocycles. The van der Waals surface area contributed by atoms with Crippen LogP contribution >= 0.6 is 11.8 Å². The maximum atomic E-state index is 12.2. The van der Waals surface area contributed by atoms with Crippen molar-refractivity contribution < 1.29 is 13.9 Å². The maximum absolute atomic E-state index is 12.2. The van der Waals surface area contributed by atoms with E-state index in [1.54, 1.807) is 7.11 Å². The van der Waals surface area contributed by atoms with Gasteiger partial charge in [-0.2, -0.15) is 0 Å². The number of amides is 1. The summed E-state index contributed by atoms with van der Waals surface area (Å²) in [6.07, 6.45) is 4.70. The predicted molar refractivity (Wildman–Crippen MR) is 96.6 cm³/mol. The number of rotatable bonds is 6. The number of carbonyl (C=O) groups excluding carboxylic acids is 1. The molecule has 1 aliphatic rings. The molecule has 2 aromatic rings. The van der Waals surface area contributed by atoms with Gasteiger partial charge in [-0.25, -0.2) is 0 Å². The second-order valence-corrected chi connectivity index (χ2v) is 7.22. The van der Waals surface area contributed by atoms with Crippen LogP contribution in [0.1, 0.15) is 32.6 Å². The summed E-state index contributed by atoms with van der Waals surface area (Å²) in [6, 6.07) is 7.75. The fourth-order valence-corrected chi connectivity index (χ4v) is 3.68. The van der Waals surface area contributed by atoms with Gasteiger partial charge >= 0.3 is 0 Å². The number of hydrogen-bond acceptors (Lipinski definition) is 6. The van der Waals surface area contributed by atoms with Crippen LogP contribution in [0.5, 0.6) is 5.75 Å². The van der Waals surface area contributed by atoms with Crippen LogP contribution in [-0.4, -0.2) is 35.0 Å². The van der Waals surface area contributed by atoms with Gasteiger partial charge in [0.15, 0.2) is 0 Å². The van der Waals surface area contributed by atoms with E-state index in [2.05, 4.69) is 22.4 Å². The van der Waals surface area contributed by atoms with E-state index in [1.165, 1.54) is 31.0 Å². The fourth-order valence-electron chi connectivity index (χ4n) is 3.10. The molecule has 1 aliphatic carbocycles. The van der Waals surface area contributed by atoms with E-state index < -0.39 is 0 Å². The van der Waals surface area contributed by atoms with Crippen molar-refractivity contribution in [3.63, 3.8) is 0 Å². The minimum Gasteiger partial charge on any atom is -0.496 e. The highest BCUT2D eigenvalue weighted by Crippen LogP contribution is 2.30. The van der Waals surface area contributed by atoms with Gasteiger partial charge in [-0.05, 0) is 30.9 Å². The summed E-state index contributed by atoms with van der Waals surface area (Å²) < 4.78 is 11.0. The highest BCUT2D eigenvalue weighted by Gasteiger charge is 2.23. The number of carbonyl (C=O) groups is 1. The standard InChI is InChI=1S/C18H23N3O3S/c1-12-7-3-5-9-14(12)19-16(22)11-25-18-21-20-17(24-18)13-8-4-6-10-15(13)23-2/h4,6,8,10,12,14H,3,5,7,9,11H2,1-2H3,(H,19,22). The Labute approximate surface area is 151 Å². The Bertz CT molecular complexity index is 719. The molecule has 1 amide bonds. The largest absolute Gasteiger partial charge is 0.496 e. The molecule has 0 saturated heterocycles. The van der Waals surface area contributed by atoms with Crippen molar-refractivity contribution in [1.82, 2.24) is 15.5 Å². The molecule has 0 bridgehead atoms. The Morgan fingerprint density at radius 1 is 1.32 bits per heavy atom. The topological polar surface area (TPSA) is 77.2 Å². The lowest BCUT2D eigenvalue weighted by atomic mass is 9.86. The lowest BCUT2D eigenvalue weighted by Gasteiger charge is -2.29. The van der Waals surface area contributed by atoms with Gasteiger partial charge in [0.05, 0.1) is 18.4 Å². The minimum absolute atomic E-state index is 0.0146. The van der Waals surface area contributed by atoms with E-state index in [-0.39, 0.29) is 17.7 Å². The third-order valence-corrected chi connectivity index (χ3v) is 5.35. The zero-order valence-electron chi connectivity index (χ0n) is 14.5. The van der Waals surface area contributed by atoms with Crippen LogP contribution in [0.3, 0.4) is 0 Å². The van der Waals surface area contributed by atoms with E-state index >= 15 is 0 Å². The molecule has 1 saturated carbocycles. The number of aromatic nitrogens is 2. The fraction of sp³-hybridized carbons (Fsp3) is 0.500. The summed E-state index contributed by atoms with van der Waals surface area (Å²) in [5.41, 5.74) is 0.741. The van der Waals surface area contributed by atoms with Gasteiger partial charge in [-0.1, -0.05) is 43.7 Å². The highest BCUT2D eigenvalue weighted by molar-refractivity contribution is 7.99. The zero-order valence-corrected chi connectivity index (χ0v) is 15.3. The van der Waals surface area contributed by atoms with Gasteiger partial charge < -0.3 is 14.5 Å². The van der Waals surface area contributed by atoms with Crippen LogP contribution in [0.15, 0.2) is 33.9 Å². The zero-order chi connectivity index (χ0) is 17.6. The molecule has 1 aromatic heterocycles. The molecule has 2 atom stereocenters. The Balaban J connectivity index is 1.55. The smallest absolute Gasteiger partial charge is 0.277 e. The van der Waals surface area contributed by atoms with Crippen LogP contribution in [0.4, 0.5) is 0 Å². The Morgan fingerprint density at radius 3 is 2.92 bits per heavy atom. The Hall–Kier alpha value is -2.02. The molecule has 0 aliphatic heterocycles. The van der Waals surface area contributed by atoms with Crippen molar-refractivity contribution in [2.45, 2.75) is 43.9 Å². The number of thioether (sulfide) groups is 1. The molecule has 1 aromatic carbocycles. The van der Waals surface area contributed by atoms with E-state index in [9.17, 15) is 4.79 Å². The first-order chi connectivity index (χ1) is 12.2. The number of hydrogen-bond donors (Lipinski definition) is 1. The predicted octanol–water partition coefficient (Wildman–Crippen LogP) is 3.53. The second kappa shape index (κ2) is 8.38. The number of nitrogens with one attached hydrogen (secondary N) is 1. The van der Waals surface area contributed by atoms with Crippen molar-refractivity contribution in [3.05, 3.63) is 24.3 Å². The van der Waals surface area contributed by atoms with Gasteiger partial charge in [0.2, 0.25) is 5.91 Å². The van der Waals surface area contributed by atoms with Gasteiger partial charge in [-0.15, -0.1) is 10.2 Å². The second-order valence-electron chi connectivity index (χ2n) is 6.30. The normalized spacial score (nSPS) is 20.2. The number of para-hydroxylation sites is 1. The SMILES string of the molecule is COc1ccccc1-c1nnc(SCC(=O)NC2CCCCC2C)o1. The molecule has 25 heavy (non-hydrogen) atoms. The molecule has 2 unspecified atom stereocenters. The molecule has 1 N–H and O–H groups in total. The van der Waals surface area contributed by atoms with Gasteiger partial charge in [0, 0.05) is 6.04 Å². The monoisotopic (exact) mass is 361 g/mol. The molecule has 0 spiro atoms. The van der Waals surface area contributed by atoms with Crippen molar-refractivity contribution >= 4 is 17.7 Å². The summed E-state index contributed by atoms with van der Waals surface area (Å²) in [5, 5.41) is 11.6. The Kier molecular flexibility index (Phi) is 5.96. The van der Waals surface area contributed by atoms with Crippen molar-refractivity contribution in [1.29, 1.82) is 0 Å². The molecule has 134 valence electrons. The lowest BCUT2D eigenvalue weighted by Crippen LogP contribution is -2.41. The molecule has 0 radical (unpaired) electrons. The third kappa shape index (κ3) is 4.54. The quantitative estimate of drug-likeness (QED) is 0.793. The highest BCUT2D eigenvalue weighted by atomic mass is 32.2. The van der Waals surface area contributed by atoms with Crippen LogP contribution in [-0.2, 0) is 4.79 Å². The van der Waals surface area contributed by atoms with Gasteiger partial charge in [0.25, 0.3) is 11.1 Å². The average Bonchev–Trinajstić information content (AvgIpc) is 3.11. The summed E-state index contributed by atoms with van der Waals surface area (Å²) >= 11 is 1.25. The van der Waals surface area contributed by atoms with E-state index in [1.807, 2.05) is 24.3 Å². The molecule has 1 fully saturated rings. The van der Waals surface area contributed by atoms with Crippen LogP contribution in [0.25, 0.3) is 11.5 Å². The van der Waals surface area contributed by atoms with Crippen molar-refractivity contribution in [3.8, 4) is 17.2 Å². The summed E-state index contributed by atoms with van der Waals surface area (Å²) in [6.45, 7) is 2.20. The van der Waals surface area contributed by atoms with Crippen molar-refractivity contribution in [2.24, 2.45) is 5.92 Å². The van der Waals surface area contributed by atoms with Crippen LogP contribution in [0.2, 0.25) is 0 Å².